The lowest BCUT2D eigenvalue weighted by atomic mass is 9.68. The highest BCUT2D eigenvalue weighted by molar-refractivity contribution is 5.87. The molecule has 1 N–H and O–H groups in total. The summed E-state index contributed by atoms with van der Waals surface area (Å²) in [5.74, 6) is 0.802. The predicted octanol–water partition coefficient (Wildman–Crippen LogP) is 3.99. The number of hydrogen-bond donors (Lipinski definition) is 1. The largest absolute Gasteiger partial charge is 0.351 e. The smallest absolute Gasteiger partial charge is 0.230 e. The molecule has 1 aromatic rings. The van der Waals surface area contributed by atoms with Crippen LogP contribution < -0.4 is 5.32 Å². The fourth-order valence-electron chi connectivity index (χ4n) is 4.20. The molecule has 0 saturated heterocycles. The van der Waals surface area contributed by atoms with Crippen LogP contribution in [0.1, 0.15) is 44.2 Å². The van der Waals surface area contributed by atoms with Gasteiger partial charge in [-0.15, -0.1) is 0 Å². The van der Waals surface area contributed by atoms with E-state index in [-0.39, 0.29) is 16.7 Å². The van der Waals surface area contributed by atoms with E-state index in [2.05, 4.69) is 56.9 Å². The molecule has 21 heavy (non-hydrogen) atoms. The Bertz CT molecular complexity index is 584. The molecule has 2 aliphatic rings. The Balaban J connectivity index is 1.71. The number of carbonyl (C=O) groups is 1. The first-order valence-corrected chi connectivity index (χ1v) is 7.90. The van der Waals surface area contributed by atoms with Crippen LogP contribution in [0.3, 0.4) is 0 Å². The highest BCUT2D eigenvalue weighted by atomic mass is 16.2. The number of nitrogens with one attached hydrogen (secondary N) is 1. The Morgan fingerprint density at radius 3 is 2.57 bits per heavy atom. The van der Waals surface area contributed by atoms with Crippen LogP contribution in [0, 0.1) is 23.7 Å². The van der Waals surface area contributed by atoms with Crippen LogP contribution in [0.2, 0.25) is 0 Å². The second-order valence-corrected chi connectivity index (χ2v) is 7.39. The number of benzene rings is 1. The molecule has 2 aliphatic carbocycles. The number of rotatable bonds is 3. The van der Waals surface area contributed by atoms with Crippen LogP contribution in [-0.2, 0) is 11.3 Å². The molecule has 112 valence electrons. The summed E-state index contributed by atoms with van der Waals surface area (Å²) in [6.45, 7) is 11.5. The lowest BCUT2D eigenvalue weighted by molar-refractivity contribution is -0.128. The van der Waals surface area contributed by atoms with E-state index in [4.69, 9.17) is 0 Å². The third-order valence-electron chi connectivity index (χ3n) is 5.90. The molecule has 2 nitrogen and oxygen atoms in total. The number of fused-ring (bicyclic) bond motifs is 2. The summed E-state index contributed by atoms with van der Waals surface area (Å²) >= 11 is 0. The zero-order valence-corrected chi connectivity index (χ0v) is 13.3. The van der Waals surface area contributed by atoms with E-state index in [1.807, 2.05) is 0 Å². The van der Waals surface area contributed by atoms with Gasteiger partial charge in [-0.3, -0.25) is 4.79 Å². The molecule has 0 aliphatic heterocycles. The summed E-state index contributed by atoms with van der Waals surface area (Å²) in [7, 11) is 0. The molecule has 2 fully saturated rings. The zero-order chi connectivity index (χ0) is 15.3. The Morgan fingerprint density at radius 1 is 1.33 bits per heavy atom. The van der Waals surface area contributed by atoms with E-state index >= 15 is 0 Å². The molecule has 0 heterocycles. The fraction of sp³-hybridized carbons (Fsp3) is 0.526. The lowest BCUT2D eigenvalue weighted by Crippen LogP contribution is -2.41. The van der Waals surface area contributed by atoms with Gasteiger partial charge in [0.1, 0.15) is 0 Å². The maximum absolute atomic E-state index is 12.8. The van der Waals surface area contributed by atoms with Crippen LogP contribution in [-0.4, -0.2) is 5.91 Å². The maximum Gasteiger partial charge on any atom is 0.230 e. The minimum absolute atomic E-state index is 0.111. The van der Waals surface area contributed by atoms with Crippen LogP contribution in [0.5, 0.6) is 0 Å². The standard InChI is InChI=1S/C19H25NO/c1-13-5-7-15(8-6-13)12-20-17(21)19-10-9-16(11-19)18(3,4)14(19)2/h5-8,16H,2,9-12H2,1,3-4H3,(H,20,21)/t16-,19-/m1/s1. The van der Waals surface area contributed by atoms with Gasteiger partial charge in [-0.05, 0) is 43.1 Å². The summed E-state index contributed by atoms with van der Waals surface area (Å²) in [5, 5.41) is 3.15. The molecule has 2 saturated carbocycles. The van der Waals surface area contributed by atoms with Crippen molar-refractivity contribution in [2.45, 2.75) is 46.6 Å². The summed E-state index contributed by atoms with van der Waals surface area (Å²) < 4.78 is 0. The van der Waals surface area contributed by atoms with Gasteiger partial charge in [-0.25, -0.2) is 0 Å². The number of carbonyl (C=O) groups excluding carboxylic acids is 1. The van der Waals surface area contributed by atoms with Gasteiger partial charge in [-0.1, -0.05) is 55.8 Å². The van der Waals surface area contributed by atoms with Gasteiger partial charge in [0.15, 0.2) is 0 Å². The maximum atomic E-state index is 12.8. The van der Waals surface area contributed by atoms with Crippen LogP contribution >= 0.6 is 0 Å². The Morgan fingerprint density at radius 2 is 2.00 bits per heavy atom. The van der Waals surface area contributed by atoms with Crippen LogP contribution in [0.4, 0.5) is 0 Å². The van der Waals surface area contributed by atoms with E-state index in [1.54, 1.807) is 0 Å². The normalized spacial score (nSPS) is 29.7. The van der Waals surface area contributed by atoms with Crippen molar-refractivity contribution in [3.63, 3.8) is 0 Å². The van der Waals surface area contributed by atoms with Gasteiger partial charge in [0.05, 0.1) is 5.41 Å². The van der Waals surface area contributed by atoms with Gasteiger partial charge in [0.25, 0.3) is 0 Å². The lowest BCUT2D eigenvalue weighted by Gasteiger charge is -2.37. The van der Waals surface area contributed by atoms with E-state index in [0.717, 1.165) is 30.4 Å². The summed E-state index contributed by atoms with van der Waals surface area (Å²) in [4.78, 5) is 12.8. The third kappa shape index (κ3) is 2.12. The van der Waals surface area contributed by atoms with Crippen molar-refractivity contribution in [1.82, 2.24) is 5.32 Å². The molecule has 0 radical (unpaired) electrons. The second-order valence-electron chi connectivity index (χ2n) is 7.39. The minimum atomic E-state index is -0.307. The summed E-state index contributed by atoms with van der Waals surface area (Å²) in [5.41, 5.74) is 3.35. The molecule has 2 heteroatoms. The first-order chi connectivity index (χ1) is 9.86. The average Bonchev–Trinajstić information content (AvgIpc) is 2.98. The number of amides is 1. The molecule has 1 amide bonds. The topological polar surface area (TPSA) is 29.1 Å². The van der Waals surface area contributed by atoms with Crippen molar-refractivity contribution >= 4 is 5.91 Å². The predicted molar refractivity (Wildman–Crippen MR) is 85.7 cm³/mol. The van der Waals surface area contributed by atoms with E-state index in [9.17, 15) is 4.79 Å². The number of hydrogen-bond acceptors (Lipinski definition) is 1. The quantitative estimate of drug-likeness (QED) is 0.835. The minimum Gasteiger partial charge on any atom is -0.351 e. The third-order valence-corrected chi connectivity index (χ3v) is 5.90. The zero-order valence-electron chi connectivity index (χ0n) is 13.3. The van der Waals surface area contributed by atoms with Crippen LogP contribution in [0.25, 0.3) is 0 Å². The molecular formula is C19H25NO. The molecule has 0 unspecified atom stereocenters. The Hall–Kier alpha value is -1.57. The van der Waals surface area contributed by atoms with Gasteiger partial charge in [0, 0.05) is 6.54 Å². The summed E-state index contributed by atoms with van der Waals surface area (Å²) in [6.07, 6.45) is 3.11. The van der Waals surface area contributed by atoms with Gasteiger partial charge in [-0.2, -0.15) is 0 Å². The average molecular weight is 283 g/mol. The van der Waals surface area contributed by atoms with Crippen molar-refractivity contribution < 1.29 is 4.79 Å². The first kappa shape index (κ1) is 14.4. The van der Waals surface area contributed by atoms with Crippen molar-refractivity contribution in [1.29, 1.82) is 0 Å². The van der Waals surface area contributed by atoms with E-state index in [0.29, 0.717) is 12.5 Å². The Kier molecular flexibility index (Phi) is 3.23. The fourth-order valence-corrected chi connectivity index (χ4v) is 4.20. The SMILES string of the molecule is C=C1C(C)(C)[C@@H]2CC[C@@]1(C(=O)NCc1ccc(C)cc1)C2. The van der Waals surface area contributed by atoms with Crippen molar-refractivity contribution in [2.24, 2.45) is 16.7 Å². The molecular weight excluding hydrogens is 258 g/mol. The number of aryl methyl sites for hydroxylation is 1. The van der Waals surface area contributed by atoms with Crippen LogP contribution in [0.15, 0.2) is 36.4 Å². The molecule has 1 aromatic carbocycles. The van der Waals surface area contributed by atoms with Gasteiger partial charge < -0.3 is 5.32 Å². The van der Waals surface area contributed by atoms with Crippen molar-refractivity contribution in [2.75, 3.05) is 0 Å². The monoisotopic (exact) mass is 283 g/mol. The Labute approximate surface area is 127 Å². The van der Waals surface area contributed by atoms with Gasteiger partial charge in [0.2, 0.25) is 5.91 Å². The first-order valence-electron chi connectivity index (χ1n) is 7.90. The highest BCUT2D eigenvalue weighted by Crippen LogP contribution is 2.65. The van der Waals surface area contributed by atoms with E-state index < -0.39 is 0 Å². The molecule has 3 rings (SSSR count). The van der Waals surface area contributed by atoms with Gasteiger partial charge >= 0.3 is 0 Å². The molecule has 0 aromatic heterocycles. The van der Waals surface area contributed by atoms with Crippen molar-refractivity contribution in [3.05, 3.63) is 47.5 Å². The highest BCUT2D eigenvalue weighted by Gasteiger charge is 2.60. The molecule has 0 spiro atoms. The second kappa shape index (κ2) is 4.72. The van der Waals surface area contributed by atoms with E-state index in [1.165, 1.54) is 5.56 Å². The van der Waals surface area contributed by atoms with Crippen molar-refractivity contribution in [3.8, 4) is 0 Å². The molecule has 2 bridgehead atoms. The summed E-state index contributed by atoms with van der Waals surface area (Å²) in [6, 6.07) is 8.34. The molecule has 2 atom stereocenters.